The first-order chi connectivity index (χ1) is 11.1. The number of hydrogen-bond donors (Lipinski definition) is 1. The Morgan fingerprint density at radius 2 is 2.13 bits per heavy atom. The lowest BCUT2D eigenvalue weighted by Gasteiger charge is -2.09. The highest BCUT2D eigenvalue weighted by Gasteiger charge is 2.39. The van der Waals surface area contributed by atoms with Gasteiger partial charge in [0.05, 0.1) is 0 Å². The summed E-state index contributed by atoms with van der Waals surface area (Å²) in [5.41, 5.74) is 1.47. The molecule has 1 aromatic carbocycles. The zero-order chi connectivity index (χ0) is 16.3. The van der Waals surface area contributed by atoms with Gasteiger partial charge in [-0.15, -0.1) is 12.3 Å². The molecule has 0 radical (unpaired) electrons. The van der Waals surface area contributed by atoms with Crippen molar-refractivity contribution in [2.45, 2.75) is 44.8 Å². The van der Waals surface area contributed by atoms with Crippen molar-refractivity contribution >= 4 is 16.9 Å². The Hall–Kier alpha value is -2.61. The Labute approximate surface area is 135 Å². The molecular weight excluding hydrogens is 290 g/mol. The number of terminal acetylenes is 1. The normalized spacial score (nSPS) is 14.6. The maximum Gasteiger partial charge on any atom is 0.220 e. The molecule has 0 spiro atoms. The van der Waals surface area contributed by atoms with Crippen LogP contribution in [-0.4, -0.2) is 11.6 Å². The topological polar surface area (TPSA) is 67.0 Å². The van der Waals surface area contributed by atoms with Gasteiger partial charge in [0.2, 0.25) is 5.91 Å². The van der Waals surface area contributed by atoms with Gasteiger partial charge in [0.1, 0.15) is 11.3 Å². The van der Waals surface area contributed by atoms with E-state index in [1.165, 1.54) is 0 Å². The molecule has 0 unspecified atom stereocenters. The van der Waals surface area contributed by atoms with E-state index in [2.05, 4.69) is 21.5 Å². The van der Waals surface area contributed by atoms with Gasteiger partial charge < -0.3 is 9.73 Å². The number of hydrogen-bond acceptors (Lipinski definition) is 4. The first kappa shape index (κ1) is 15.3. The molecule has 0 saturated carbocycles. The predicted octanol–water partition coefficient (Wildman–Crippen LogP) is 3.71. The molecule has 1 amide bonds. The number of nitrogens with zero attached hydrogens (tertiary/aromatic N) is 2. The van der Waals surface area contributed by atoms with Gasteiger partial charge in [-0.3, -0.25) is 4.79 Å². The Kier molecular flexibility index (Phi) is 4.16. The van der Waals surface area contributed by atoms with Crippen molar-refractivity contribution in [1.29, 1.82) is 0 Å². The number of aryl methyl sites for hydroxylation is 1. The summed E-state index contributed by atoms with van der Waals surface area (Å²) in [5.74, 6) is 3.42. The van der Waals surface area contributed by atoms with Gasteiger partial charge in [0, 0.05) is 43.2 Å². The molecule has 1 aliphatic heterocycles. The minimum Gasteiger partial charge on any atom is -0.461 e. The van der Waals surface area contributed by atoms with Gasteiger partial charge in [0.25, 0.3) is 0 Å². The fourth-order valence-corrected chi connectivity index (χ4v) is 2.70. The number of benzene rings is 1. The molecule has 0 fully saturated rings. The standard InChI is InChI=1S/C18H19N3O2/c1-3-4-10-18(20-21-18)11-9-17(22)19-12-15-13(2)23-16-8-6-5-7-14(15)16/h1,5-8H,4,9-12H2,2H3,(H,19,22). The molecule has 2 aromatic rings. The second-order valence-corrected chi connectivity index (χ2v) is 5.80. The van der Waals surface area contributed by atoms with Crippen LogP contribution in [0.2, 0.25) is 0 Å². The van der Waals surface area contributed by atoms with Crippen LogP contribution in [0, 0.1) is 19.3 Å². The van der Waals surface area contributed by atoms with Crippen LogP contribution in [0.4, 0.5) is 0 Å². The largest absolute Gasteiger partial charge is 0.461 e. The van der Waals surface area contributed by atoms with Crippen LogP contribution in [0.15, 0.2) is 38.9 Å². The number of fused-ring (bicyclic) bond motifs is 1. The highest BCUT2D eigenvalue weighted by molar-refractivity contribution is 5.83. The van der Waals surface area contributed by atoms with Crippen molar-refractivity contribution in [2.75, 3.05) is 0 Å². The molecule has 5 heteroatoms. The molecule has 3 rings (SSSR count). The number of rotatable bonds is 7. The Balaban J connectivity index is 1.53. The summed E-state index contributed by atoms with van der Waals surface area (Å²) in [6.45, 7) is 2.38. The summed E-state index contributed by atoms with van der Waals surface area (Å²) >= 11 is 0. The molecule has 2 heterocycles. The highest BCUT2D eigenvalue weighted by atomic mass is 16.3. The fourth-order valence-electron chi connectivity index (χ4n) is 2.70. The zero-order valence-electron chi connectivity index (χ0n) is 13.1. The van der Waals surface area contributed by atoms with Crippen molar-refractivity contribution in [1.82, 2.24) is 5.32 Å². The van der Waals surface area contributed by atoms with Gasteiger partial charge in [-0.2, -0.15) is 10.2 Å². The van der Waals surface area contributed by atoms with Crippen LogP contribution in [-0.2, 0) is 11.3 Å². The van der Waals surface area contributed by atoms with Crippen LogP contribution in [0.3, 0.4) is 0 Å². The van der Waals surface area contributed by atoms with Crippen molar-refractivity contribution in [3.8, 4) is 12.3 Å². The van der Waals surface area contributed by atoms with Crippen LogP contribution < -0.4 is 5.32 Å². The average Bonchev–Trinajstić information content (AvgIpc) is 3.26. The lowest BCUT2D eigenvalue weighted by molar-refractivity contribution is -0.121. The number of carbonyl (C=O) groups is 1. The molecule has 1 aromatic heterocycles. The van der Waals surface area contributed by atoms with Gasteiger partial charge in [0.15, 0.2) is 5.66 Å². The van der Waals surface area contributed by atoms with E-state index in [1.807, 2.05) is 31.2 Å². The summed E-state index contributed by atoms with van der Waals surface area (Å²) in [7, 11) is 0. The summed E-state index contributed by atoms with van der Waals surface area (Å²) < 4.78 is 5.70. The van der Waals surface area contributed by atoms with E-state index in [-0.39, 0.29) is 5.91 Å². The minimum atomic E-state index is -0.401. The van der Waals surface area contributed by atoms with Crippen molar-refractivity contribution in [3.63, 3.8) is 0 Å². The van der Waals surface area contributed by atoms with E-state index in [0.29, 0.717) is 25.8 Å². The molecular formula is C18H19N3O2. The molecule has 0 atom stereocenters. The third kappa shape index (κ3) is 3.42. The monoisotopic (exact) mass is 309 g/mol. The molecule has 0 aliphatic carbocycles. The summed E-state index contributed by atoms with van der Waals surface area (Å²) in [5, 5.41) is 12.1. The first-order valence-corrected chi connectivity index (χ1v) is 7.75. The van der Waals surface area contributed by atoms with Crippen LogP contribution in [0.5, 0.6) is 0 Å². The Morgan fingerprint density at radius 1 is 1.35 bits per heavy atom. The molecule has 0 bridgehead atoms. The third-order valence-electron chi connectivity index (χ3n) is 4.17. The SMILES string of the molecule is C#CCCC1(CCC(=O)NCc2c(C)oc3ccccc23)N=N1. The summed E-state index contributed by atoms with van der Waals surface area (Å²) in [6.07, 6.45) is 7.63. The molecule has 0 saturated heterocycles. The van der Waals surface area contributed by atoms with E-state index in [4.69, 9.17) is 10.8 Å². The van der Waals surface area contributed by atoms with Gasteiger partial charge in [-0.25, -0.2) is 0 Å². The number of para-hydroxylation sites is 1. The fraction of sp³-hybridized carbons (Fsp3) is 0.389. The van der Waals surface area contributed by atoms with E-state index >= 15 is 0 Å². The molecule has 118 valence electrons. The molecule has 23 heavy (non-hydrogen) atoms. The number of carbonyl (C=O) groups excluding carboxylic acids is 1. The van der Waals surface area contributed by atoms with Crippen molar-refractivity contribution in [2.24, 2.45) is 10.2 Å². The van der Waals surface area contributed by atoms with E-state index in [0.717, 1.165) is 28.7 Å². The predicted molar refractivity (Wildman–Crippen MR) is 87.7 cm³/mol. The van der Waals surface area contributed by atoms with Crippen molar-refractivity contribution in [3.05, 3.63) is 35.6 Å². The zero-order valence-corrected chi connectivity index (χ0v) is 13.1. The number of nitrogens with one attached hydrogen (secondary N) is 1. The average molecular weight is 309 g/mol. The van der Waals surface area contributed by atoms with Gasteiger partial charge in [-0.05, 0) is 13.0 Å². The van der Waals surface area contributed by atoms with Gasteiger partial charge in [-0.1, -0.05) is 18.2 Å². The minimum absolute atomic E-state index is 0.00735. The maximum atomic E-state index is 12.1. The highest BCUT2D eigenvalue weighted by Crippen LogP contribution is 2.37. The quantitative estimate of drug-likeness (QED) is 0.792. The Bertz CT molecular complexity index is 792. The van der Waals surface area contributed by atoms with Crippen LogP contribution in [0.1, 0.15) is 37.0 Å². The third-order valence-corrected chi connectivity index (χ3v) is 4.17. The molecule has 5 nitrogen and oxygen atoms in total. The maximum absolute atomic E-state index is 12.1. The summed E-state index contributed by atoms with van der Waals surface area (Å²) in [6, 6.07) is 7.84. The number of amides is 1. The first-order valence-electron chi connectivity index (χ1n) is 7.75. The van der Waals surface area contributed by atoms with Gasteiger partial charge >= 0.3 is 0 Å². The van der Waals surface area contributed by atoms with Crippen LogP contribution in [0.25, 0.3) is 11.0 Å². The van der Waals surface area contributed by atoms with Crippen LogP contribution >= 0.6 is 0 Å². The lowest BCUT2D eigenvalue weighted by Crippen LogP contribution is -2.25. The van der Waals surface area contributed by atoms with E-state index < -0.39 is 5.66 Å². The lowest BCUT2D eigenvalue weighted by atomic mass is 10.0. The smallest absolute Gasteiger partial charge is 0.220 e. The second-order valence-electron chi connectivity index (χ2n) is 5.80. The van der Waals surface area contributed by atoms with E-state index in [1.54, 1.807) is 0 Å². The molecule has 1 aliphatic rings. The van der Waals surface area contributed by atoms with Crippen molar-refractivity contribution < 1.29 is 9.21 Å². The Morgan fingerprint density at radius 3 is 2.87 bits per heavy atom. The number of furan rings is 1. The second kappa shape index (κ2) is 6.25. The molecule has 1 N–H and O–H groups in total. The van der Waals surface area contributed by atoms with E-state index in [9.17, 15) is 4.79 Å². The summed E-state index contributed by atoms with van der Waals surface area (Å²) in [4.78, 5) is 12.1.